The summed E-state index contributed by atoms with van der Waals surface area (Å²) in [5, 5.41) is 2.76. The van der Waals surface area contributed by atoms with E-state index in [1.165, 1.54) is 38.7 Å². The summed E-state index contributed by atoms with van der Waals surface area (Å²) in [5.74, 6) is 0. The Labute approximate surface area is 133 Å². The van der Waals surface area contributed by atoms with Gasteiger partial charge in [-0.1, -0.05) is 38.1 Å². The Bertz CT molecular complexity index is 831. The topological polar surface area (TPSA) is 3.88 Å². The number of aromatic nitrogens is 1. The first-order chi connectivity index (χ1) is 10.7. The van der Waals surface area contributed by atoms with Gasteiger partial charge >= 0.3 is 0 Å². The van der Waals surface area contributed by atoms with E-state index < -0.39 is 0 Å². The molecule has 0 spiro atoms. The SMILES string of the molecule is CCc1cc(CC)c2cc[n+](C)c(-c3ccccc3C)c2c1. The molecule has 0 saturated carbocycles. The highest BCUT2D eigenvalue weighted by Crippen LogP contribution is 2.30. The third-order valence-electron chi connectivity index (χ3n) is 4.59. The molecule has 3 rings (SSSR count). The van der Waals surface area contributed by atoms with E-state index in [9.17, 15) is 0 Å². The van der Waals surface area contributed by atoms with Gasteiger partial charge in [0.1, 0.15) is 7.05 Å². The molecular weight excluding hydrogens is 266 g/mol. The number of benzene rings is 2. The van der Waals surface area contributed by atoms with E-state index in [-0.39, 0.29) is 0 Å². The van der Waals surface area contributed by atoms with E-state index >= 15 is 0 Å². The van der Waals surface area contributed by atoms with Crippen molar-refractivity contribution < 1.29 is 4.57 Å². The summed E-state index contributed by atoms with van der Waals surface area (Å²) < 4.78 is 2.25. The molecule has 0 atom stereocenters. The predicted molar refractivity (Wildman–Crippen MR) is 94.1 cm³/mol. The van der Waals surface area contributed by atoms with E-state index in [0.29, 0.717) is 0 Å². The molecule has 0 radical (unpaired) electrons. The summed E-state index contributed by atoms with van der Waals surface area (Å²) in [6.45, 7) is 6.67. The van der Waals surface area contributed by atoms with Crippen LogP contribution in [0.1, 0.15) is 30.5 Å². The Morgan fingerprint density at radius 2 is 1.68 bits per heavy atom. The van der Waals surface area contributed by atoms with Crippen LogP contribution in [0.4, 0.5) is 0 Å². The Balaban J connectivity index is 2.43. The molecule has 0 fully saturated rings. The molecule has 1 heteroatoms. The van der Waals surface area contributed by atoms with Crippen LogP contribution < -0.4 is 4.57 Å². The molecule has 0 bridgehead atoms. The van der Waals surface area contributed by atoms with Crippen molar-refractivity contribution in [1.82, 2.24) is 0 Å². The number of aryl methyl sites for hydroxylation is 4. The first-order valence-corrected chi connectivity index (χ1v) is 8.15. The van der Waals surface area contributed by atoms with E-state index in [2.05, 4.69) is 81.0 Å². The molecule has 112 valence electrons. The van der Waals surface area contributed by atoms with Crippen molar-refractivity contribution in [2.45, 2.75) is 33.6 Å². The van der Waals surface area contributed by atoms with Crippen LogP contribution in [0.25, 0.3) is 22.0 Å². The summed E-state index contributed by atoms with van der Waals surface area (Å²) >= 11 is 0. The zero-order chi connectivity index (χ0) is 15.7. The second-order valence-corrected chi connectivity index (χ2v) is 6.01. The molecule has 0 aliphatic rings. The van der Waals surface area contributed by atoms with Crippen LogP contribution >= 0.6 is 0 Å². The van der Waals surface area contributed by atoms with Crippen LogP contribution in [-0.4, -0.2) is 0 Å². The third-order valence-corrected chi connectivity index (χ3v) is 4.59. The highest BCUT2D eigenvalue weighted by Gasteiger charge is 2.18. The predicted octanol–water partition coefficient (Wildman–Crippen LogP) is 4.76. The van der Waals surface area contributed by atoms with Crippen LogP contribution in [0, 0.1) is 6.92 Å². The van der Waals surface area contributed by atoms with E-state index in [1.807, 2.05) is 0 Å². The highest BCUT2D eigenvalue weighted by atomic mass is 14.9. The maximum absolute atomic E-state index is 2.37. The van der Waals surface area contributed by atoms with E-state index in [1.54, 1.807) is 0 Å². The van der Waals surface area contributed by atoms with E-state index in [4.69, 9.17) is 0 Å². The van der Waals surface area contributed by atoms with Crippen molar-refractivity contribution in [2.75, 3.05) is 0 Å². The first kappa shape index (κ1) is 14.8. The van der Waals surface area contributed by atoms with Gasteiger partial charge < -0.3 is 0 Å². The minimum Gasteiger partial charge on any atom is -0.200 e. The molecule has 2 aromatic carbocycles. The summed E-state index contributed by atoms with van der Waals surface area (Å²) in [6, 6.07) is 15.7. The summed E-state index contributed by atoms with van der Waals surface area (Å²) in [4.78, 5) is 0. The van der Waals surface area contributed by atoms with Gasteiger partial charge in [-0.3, -0.25) is 0 Å². The Hall–Kier alpha value is -2.15. The minimum atomic E-state index is 1.07. The average Bonchev–Trinajstić information content (AvgIpc) is 2.54. The van der Waals surface area contributed by atoms with Gasteiger partial charge in [0.05, 0.1) is 5.39 Å². The smallest absolute Gasteiger partial charge is 0.200 e. The van der Waals surface area contributed by atoms with Gasteiger partial charge in [0.25, 0.3) is 0 Å². The molecule has 0 N–H and O–H groups in total. The van der Waals surface area contributed by atoms with Crippen LogP contribution in [0.3, 0.4) is 0 Å². The number of hydrogen-bond donors (Lipinski definition) is 0. The van der Waals surface area contributed by atoms with Crippen molar-refractivity contribution in [1.29, 1.82) is 0 Å². The van der Waals surface area contributed by atoms with Gasteiger partial charge in [-0.05, 0) is 54.0 Å². The average molecular weight is 290 g/mol. The van der Waals surface area contributed by atoms with Crippen molar-refractivity contribution in [3.8, 4) is 11.3 Å². The van der Waals surface area contributed by atoms with Crippen LogP contribution in [-0.2, 0) is 19.9 Å². The number of pyridine rings is 1. The molecule has 0 amide bonds. The van der Waals surface area contributed by atoms with Crippen LogP contribution in [0.2, 0.25) is 0 Å². The molecule has 0 saturated heterocycles. The number of fused-ring (bicyclic) bond motifs is 1. The quantitative estimate of drug-likeness (QED) is 0.612. The molecule has 1 aromatic heterocycles. The van der Waals surface area contributed by atoms with Crippen molar-refractivity contribution >= 4 is 10.8 Å². The molecular formula is C21H24N+. The zero-order valence-corrected chi connectivity index (χ0v) is 14.0. The largest absolute Gasteiger partial charge is 0.220 e. The maximum atomic E-state index is 2.37. The fraction of sp³-hybridized carbons (Fsp3) is 0.286. The second-order valence-electron chi connectivity index (χ2n) is 6.01. The number of nitrogens with zero attached hydrogens (tertiary/aromatic N) is 1. The fourth-order valence-electron chi connectivity index (χ4n) is 3.29. The van der Waals surface area contributed by atoms with Gasteiger partial charge in [0.2, 0.25) is 5.69 Å². The molecule has 0 aliphatic heterocycles. The fourth-order valence-corrected chi connectivity index (χ4v) is 3.29. The lowest BCUT2D eigenvalue weighted by molar-refractivity contribution is -0.659. The second kappa shape index (κ2) is 5.92. The van der Waals surface area contributed by atoms with Crippen molar-refractivity contribution in [3.63, 3.8) is 0 Å². The molecule has 0 unspecified atom stereocenters. The molecule has 22 heavy (non-hydrogen) atoms. The maximum Gasteiger partial charge on any atom is 0.220 e. The highest BCUT2D eigenvalue weighted by molar-refractivity contribution is 5.96. The minimum absolute atomic E-state index is 1.07. The Kier molecular flexibility index (Phi) is 3.98. The first-order valence-electron chi connectivity index (χ1n) is 8.15. The zero-order valence-electron chi connectivity index (χ0n) is 14.0. The number of rotatable bonds is 3. The van der Waals surface area contributed by atoms with Crippen molar-refractivity contribution in [3.05, 3.63) is 65.4 Å². The normalized spacial score (nSPS) is 11.1. The third kappa shape index (κ3) is 2.41. The summed E-state index contributed by atoms with van der Waals surface area (Å²) in [7, 11) is 2.14. The molecule has 3 aromatic rings. The lowest BCUT2D eigenvalue weighted by atomic mass is 9.94. The van der Waals surface area contributed by atoms with Gasteiger partial charge in [-0.25, -0.2) is 4.57 Å². The van der Waals surface area contributed by atoms with Gasteiger partial charge in [-0.15, -0.1) is 0 Å². The van der Waals surface area contributed by atoms with Crippen LogP contribution in [0.5, 0.6) is 0 Å². The van der Waals surface area contributed by atoms with Gasteiger partial charge in [0, 0.05) is 11.6 Å². The standard InChI is InChI=1S/C21H24N/c1-5-16-13-17(6-2)19-11-12-22(4)21(20(19)14-16)18-10-8-7-9-15(18)3/h7-14H,5-6H2,1-4H3/q+1. The summed E-state index contributed by atoms with van der Waals surface area (Å²) in [6.07, 6.45) is 4.34. The van der Waals surface area contributed by atoms with Gasteiger partial charge in [0.15, 0.2) is 6.20 Å². The Morgan fingerprint density at radius 1 is 0.909 bits per heavy atom. The lowest BCUT2D eigenvalue weighted by Crippen LogP contribution is -2.30. The van der Waals surface area contributed by atoms with Gasteiger partial charge in [-0.2, -0.15) is 0 Å². The lowest BCUT2D eigenvalue weighted by Gasteiger charge is -2.12. The summed E-state index contributed by atoms with van der Waals surface area (Å²) in [5.41, 5.74) is 6.84. The molecule has 1 nitrogen and oxygen atoms in total. The monoisotopic (exact) mass is 290 g/mol. The van der Waals surface area contributed by atoms with Crippen LogP contribution in [0.15, 0.2) is 48.7 Å². The molecule has 1 heterocycles. The van der Waals surface area contributed by atoms with Crippen molar-refractivity contribution in [2.24, 2.45) is 7.05 Å². The number of hydrogen-bond acceptors (Lipinski definition) is 0. The Morgan fingerprint density at radius 3 is 2.36 bits per heavy atom. The molecule has 0 aliphatic carbocycles. The van der Waals surface area contributed by atoms with E-state index in [0.717, 1.165) is 12.8 Å².